The summed E-state index contributed by atoms with van der Waals surface area (Å²) in [5, 5.41) is 22.5. The van der Waals surface area contributed by atoms with Crippen molar-refractivity contribution in [2.75, 3.05) is 13.2 Å². The van der Waals surface area contributed by atoms with E-state index in [4.69, 9.17) is 14.9 Å². The fourth-order valence-corrected chi connectivity index (χ4v) is 5.49. The summed E-state index contributed by atoms with van der Waals surface area (Å²) in [5.74, 6) is -2.34. The number of carbonyl (C=O) groups is 4. The van der Waals surface area contributed by atoms with E-state index >= 15 is 0 Å². The van der Waals surface area contributed by atoms with Crippen molar-refractivity contribution >= 4 is 23.8 Å². The number of esters is 1. The van der Waals surface area contributed by atoms with E-state index in [2.05, 4.69) is 60.9 Å². The van der Waals surface area contributed by atoms with Crippen LogP contribution in [-0.2, 0) is 23.9 Å². The SMILES string of the molecule is CCCC/C=C\CCCCCCCC(=O)OC(CCC/C=C\C/C=C\CCCCC)CCCCCCCC(=O)NCC(=O)NC(CO)C(=O)O. The predicted molar refractivity (Wildman–Crippen MR) is 204 cm³/mol. The van der Waals surface area contributed by atoms with Crippen molar-refractivity contribution in [2.45, 2.75) is 187 Å². The van der Waals surface area contributed by atoms with Crippen LogP contribution in [0.15, 0.2) is 36.5 Å². The minimum absolute atomic E-state index is 0.0580. The monoisotopic (exact) mass is 705 g/mol. The van der Waals surface area contributed by atoms with Gasteiger partial charge in [-0.3, -0.25) is 14.4 Å². The van der Waals surface area contributed by atoms with Gasteiger partial charge in [-0.1, -0.05) is 115 Å². The maximum atomic E-state index is 12.7. The molecule has 0 radical (unpaired) electrons. The average molecular weight is 705 g/mol. The van der Waals surface area contributed by atoms with Crippen molar-refractivity contribution in [2.24, 2.45) is 0 Å². The zero-order valence-corrected chi connectivity index (χ0v) is 31.6. The summed E-state index contributed by atoms with van der Waals surface area (Å²) in [7, 11) is 0. The molecule has 0 aromatic heterocycles. The minimum atomic E-state index is -1.38. The van der Waals surface area contributed by atoms with Crippen molar-refractivity contribution in [3.63, 3.8) is 0 Å². The molecule has 9 heteroatoms. The Balaban J connectivity index is 4.38. The van der Waals surface area contributed by atoms with Gasteiger partial charge in [0, 0.05) is 12.8 Å². The molecule has 0 aromatic carbocycles. The number of aliphatic hydroxyl groups excluding tert-OH is 1. The number of allylic oxidation sites excluding steroid dienone is 6. The Labute approximate surface area is 304 Å². The van der Waals surface area contributed by atoms with Crippen LogP contribution in [0.2, 0.25) is 0 Å². The van der Waals surface area contributed by atoms with E-state index in [1.807, 2.05) is 0 Å². The van der Waals surface area contributed by atoms with Gasteiger partial charge in [-0.15, -0.1) is 0 Å². The molecular formula is C41H72N2O7. The highest BCUT2D eigenvalue weighted by Crippen LogP contribution is 2.17. The van der Waals surface area contributed by atoms with Gasteiger partial charge in [0.25, 0.3) is 0 Å². The lowest BCUT2D eigenvalue weighted by Crippen LogP contribution is -2.47. The van der Waals surface area contributed by atoms with Crippen LogP contribution in [-0.4, -0.2) is 59.3 Å². The molecule has 0 saturated heterocycles. The Morgan fingerprint density at radius 3 is 1.76 bits per heavy atom. The summed E-state index contributed by atoms with van der Waals surface area (Å²) in [4.78, 5) is 47.4. The van der Waals surface area contributed by atoms with Crippen molar-refractivity contribution in [1.29, 1.82) is 0 Å². The van der Waals surface area contributed by atoms with Crippen LogP contribution in [0.4, 0.5) is 0 Å². The maximum Gasteiger partial charge on any atom is 0.328 e. The number of aliphatic carboxylic acids is 1. The highest BCUT2D eigenvalue weighted by Gasteiger charge is 2.19. The third-order valence-corrected chi connectivity index (χ3v) is 8.61. The van der Waals surface area contributed by atoms with E-state index in [0.717, 1.165) is 89.9 Å². The molecule has 0 bridgehead atoms. The van der Waals surface area contributed by atoms with Crippen LogP contribution < -0.4 is 10.6 Å². The van der Waals surface area contributed by atoms with Gasteiger partial charge in [-0.25, -0.2) is 4.79 Å². The standard InChI is InChI=1S/C41H72N2O7/c1-3-5-7-9-11-13-15-17-19-22-26-30-36(50-40(47)33-29-25-20-18-16-14-12-10-8-6-4-2)31-27-23-21-24-28-32-38(45)42-34-39(46)43-37(35-44)41(48)49/h10-13,17,19,36-37,44H,3-9,14-16,18,20-35H2,1-2H3,(H,42,45)(H,43,46)(H,48,49)/b12-10-,13-11-,19-17-. The molecule has 9 nitrogen and oxygen atoms in total. The number of carbonyl (C=O) groups excluding carboxylic acids is 3. The summed E-state index contributed by atoms with van der Waals surface area (Å²) in [6.07, 6.45) is 38.8. The molecule has 0 fully saturated rings. The Morgan fingerprint density at radius 2 is 1.12 bits per heavy atom. The van der Waals surface area contributed by atoms with E-state index in [0.29, 0.717) is 12.8 Å². The molecule has 0 saturated carbocycles. The quantitative estimate of drug-likeness (QED) is 0.0293. The Hall–Kier alpha value is -2.94. The molecule has 2 unspecified atom stereocenters. The van der Waals surface area contributed by atoms with Crippen molar-refractivity contribution in [1.82, 2.24) is 10.6 Å². The van der Waals surface area contributed by atoms with Crippen molar-refractivity contribution in [3.8, 4) is 0 Å². The van der Waals surface area contributed by atoms with Gasteiger partial charge in [0.15, 0.2) is 0 Å². The van der Waals surface area contributed by atoms with Crippen LogP contribution in [0.1, 0.15) is 174 Å². The lowest BCUT2D eigenvalue weighted by Gasteiger charge is -2.18. The second kappa shape index (κ2) is 35.9. The molecule has 0 rings (SSSR count). The summed E-state index contributed by atoms with van der Waals surface area (Å²) in [6.45, 7) is 3.40. The molecule has 0 aliphatic rings. The van der Waals surface area contributed by atoms with Gasteiger partial charge in [0.1, 0.15) is 12.1 Å². The average Bonchev–Trinajstić information content (AvgIpc) is 3.10. The second-order valence-corrected chi connectivity index (χ2v) is 13.4. The van der Waals surface area contributed by atoms with E-state index in [-0.39, 0.29) is 30.9 Å². The van der Waals surface area contributed by atoms with Crippen LogP contribution in [0.3, 0.4) is 0 Å². The van der Waals surface area contributed by atoms with E-state index in [1.165, 1.54) is 51.4 Å². The van der Waals surface area contributed by atoms with Crippen LogP contribution in [0, 0.1) is 0 Å². The lowest BCUT2D eigenvalue weighted by atomic mass is 10.0. The lowest BCUT2D eigenvalue weighted by molar-refractivity contribution is -0.150. The summed E-state index contributed by atoms with van der Waals surface area (Å²) >= 11 is 0. The zero-order valence-electron chi connectivity index (χ0n) is 31.6. The van der Waals surface area contributed by atoms with Crippen LogP contribution in [0.5, 0.6) is 0 Å². The molecule has 0 aliphatic carbocycles. The number of carboxylic acids is 1. The summed E-state index contributed by atoms with van der Waals surface area (Å²) in [5.41, 5.74) is 0. The zero-order chi connectivity index (χ0) is 36.9. The van der Waals surface area contributed by atoms with Crippen LogP contribution in [0.25, 0.3) is 0 Å². The highest BCUT2D eigenvalue weighted by atomic mass is 16.5. The van der Waals surface area contributed by atoms with Crippen molar-refractivity contribution in [3.05, 3.63) is 36.5 Å². The number of aliphatic hydroxyl groups is 1. The Bertz CT molecular complexity index is 947. The smallest absolute Gasteiger partial charge is 0.328 e. The number of amides is 2. The van der Waals surface area contributed by atoms with Gasteiger partial charge < -0.3 is 25.6 Å². The van der Waals surface area contributed by atoms with Gasteiger partial charge in [0.2, 0.25) is 11.8 Å². The fourth-order valence-electron chi connectivity index (χ4n) is 5.49. The molecule has 0 aromatic rings. The molecule has 50 heavy (non-hydrogen) atoms. The van der Waals surface area contributed by atoms with E-state index in [9.17, 15) is 19.2 Å². The van der Waals surface area contributed by atoms with E-state index < -0.39 is 24.5 Å². The molecule has 4 N–H and O–H groups in total. The van der Waals surface area contributed by atoms with Gasteiger partial charge in [-0.05, 0) is 83.5 Å². The predicted octanol–water partition coefficient (Wildman–Crippen LogP) is 9.04. The van der Waals surface area contributed by atoms with Crippen LogP contribution >= 0.6 is 0 Å². The number of nitrogens with one attached hydrogen (secondary N) is 2. The number of ether oxygens (including phenoxy) is 1. The first-order valence-corrected chi connectivity index (χ1v) is 19.9. The molecule has 2 atom stereocenters. The topological polar surface area (TPSA) is 142 Å². The second-order valence-electron chi connectivity index (χ2n) is 13.4. The molecule has 288 valence electrons. The largest absolute Gasteiger partial charge is 0.480 e. The molecule has 0 spiro atoms. The minimum Gasteiger partial charge on any atom is -0.480 e. The number of hydrogen-bond donors (Lipinski definition) is 4. The number of rotatable bonds is 35. The highest BCUT2D eigenvalue weighted by molar-refractivity contribution is 5.87. The third kappa shape index (κ3) is 32.3. The van der Waals surface area contributed by atoms with Gasteiger partial charge in [0.05, 0.1) is 13.2 Å². The van der Waals surface area contributed by atoms with E-state index in [1.54, 1.807) is 0 Å². The maximum absolute atomic E-state index is 12.7. The summed E-state index contributed by atoms with van der Waals surface area (Å²) < 4.78 is 5.97. The molecule has 0 heterocycles. The van der Waals surface area contributed by atoms with Gasteiger partial charge in [-0.2, -0.15) is 0 Å². The Morgan fingerprint density at radius 1 is 0.600 bits per heavy atom. The fraction of sp³-hybridized carbons (Fsp3) is 0.756. The first-order valence-electron chi connectivity index (χ1n) is 19.9. The van der Waals surface area contributed by atoms with Gasteiger partial charge >= 0.3 is 11.9 Å². The van der Waals surface area contributed by atoms with Crippen molar-refractivity contribution < 1.29 is 34.1 Å². The number of carboxylic acid groups (broad SMARTS) is 1. The molecule has 0 aliphatic heterocycles. The molecular weight excluding hydrogens is 632 g/mol. The third-order valence-electron chi connectivity index (χ3n) is 8.61. The first kappa shape index (κ1) is 47.1. The summed E-state index contributed by atoms with van der Waals surface area (Å²) in [6, 6.07) is -1.38. The Kier molecular flexibility index (Phi) is 33.8. The normalized spacial score (nSPS) is 12.9. The first-order chi connectivity index (χ1) is 24.3. The number of hydrogen-bond acceptors (Lipinski definition) is 6. The number of unbranched alkanes of at least 4 members (excludes halogenated alkanes) is 15. The molecule has 2 amide bonds.